The lowest BCUT2D eigenvalue weighted by molar-refractivity contribution is -0.156. The van der Waals surface area contributed by atoms with Gasteiger partial charge in [-0.1, -0.05) is 0 Å². The number of aromatic nitrogens is 2. The van der Waals surface area contributed by atoms with Crippen LogP contribution in [0.2, 0.25) is 0 Å². The van der Waals surface area contributed by atoms with Crippen LogP contribution in [0.25, 0.3) is 11.3 Å². The van der Waals surface area contributed by atoms with Crippen LogP contribution in [0.4, 0.5) is 18.9 Å². The standard InChI is InChI=1S/C35H38F3N3O6/c1-19(42)46-28-12-8-22-32(28)39-17-21(34(22)41-14-6-7-20(18-41)15-29(44)47-35(2,3)4)16-26(43)25-11-9-24(37)33(40-25)30-23(36)10-13-27(45-5)31(30)38/h9-11,13,17,20,28H,6-8,12,14-16,18H2,1-5H3/t20-,28?/m1/s1. The Hall–Kier alpha value is -4.48. The normalized spacial score (nSPS) is 17.7. The number of piperidine rings is 1. The fraction of sp³-hybridized carbons (Fsp3) is 0.457. The summed E-state index contributed by atoms with van der Waals surface area (Å²) in [4.78, 5) is 49.0. The topological polar surface area (TPSA) is 108 Å². The molecule has 0 N–H and O–H groups in total. The lowest BCUT2D eigenvalue weighted by Gasteiger charge is -2.36. The quantitative estimate of drug-likeness (QED) is 0.189. The van der Waals surface area contributed by atoms with Crippen molar-refractivity contribution >= 4 is 23.4 Å². The van der Waals surface area contributed by atoms with E-state index in [2.05, 4.69) is 14.9 Å². The number of anilines is 1. The number of ether oxygens (including phenoxy) is 3. The van der Waals surface area contributed by atoms with Gasteiger partial charge in [-0.3, -0.25) is 19.4 Å². The van der Waals surface area contributed by atoms with Crippen molar-refractivity contribution in [1.82, 2.24) is 9.97 Å². The van der Waals surface area contributed by atoms with Crippen LogP contribution in [0, 0.1) is 23.4 Å². The van der Waals surface area contributed by atoms with Gasteiger partial charge < -0.3 is 19.1 Å². The van der Waals surface area contributed by atoms with Crippen LogP contribution in [0.5, 0.6) is 5.75 Å². The lowest BCUT2D eigenvalue weighted by Crippen LogP contribution is -2.38. The zero-order chi connectivity index (χ0) is 34.0. The molecule has 47 heavy (non-hydrogen) atoms. The zero-order valence-electron chi connectivity index (χ0n) is 27.1. The third-order valence-electron chi connectivity index (χ3n) is 8.23. The molecule has 1 fully saturated rings. The van der Waals surface area contributed by atoms with Gasteiger partial charge in [-0.25, -0.2) is 18.2 Å². The third-order valence-corrected chi connectivity index (χ3v) is 8.23. The van der Waals surface area contributed by atoms with E-state index in [1.54, 1.807) is 6.20 Å². The number of fused-ring (bicyclic) bond motifs is 1. The van der Waals surface area contributed by atoms with E-state index in [9.17, 15) is 23.2 Å². The van der Waals surface area contributed by atoms with Crippen molar-refractivity contribution in [2.45, 2.75) is 77.9 Å². The molecule has 0 saturated carbocycles. The minimum Gasteiger partial charge on any atom is -0.494 e. The number of ketones is 1. The van der Waals surface area contributed by atoms with Crippen molar-refractivity contribution in [2.75, 3.05) is 25.1 Å². The summed E-state index contributed by atoms with van der Waals surface area (Å²) >= 11 is 0. The Balaban J connectivity index is 1.48. The number of esters is 2. The first kappa shape index (κ1) is 33.9. The van der Waals surface area contributed by atoms with Crippen molar-refractivity contribution in [3.63, 3.8) is 0 Å². The minimum atomic E-state index is -1.14. The van der Waals surface area contributed by atoms with Crippen LogP contribution < -0.4 is 9.64 Å². The first-order valence-electron chi connectivity index (χ1n) is 15.6. The molecule has 250 valence electrons. The van der Waals surface area contributed by atoms with Crippen LogP contribution in [0.1, 0.15) is 86.8 Å². The maximum absolute atomic E-state index is 15.0. The molecule has 12 heteroatoms. The lowest BCUT2D eigenvalue weighted by atomic mass is 9.92. The average Bonchev–Trinajstić information content (AvgIpc) is 3.39. The van der Waals surface area contributed by atoms with Gasteiger partial charge in [-0.05, 0) is 76.6 Å². The summed E-state index contributed by atoms with van der Waals surface area (Å²) in [5.41, 5.74) is 0.642. The summed E-state index contributed by atoms with van der Waals surface area (Å²) in [5.74, 6) is -4.72. The Labute approximate surface area is 271 Å². The Morgan fingerprint density at radius 3 is 2.49 bits per heavy atom. The van der Waals surface area contributed by atoms with Crippen LogP contribution >= 0.6 is 0 Å². The predicted molar refractivity (Wildman–Crippen MR) is 167 cm³/mol. The fourth-order valence-corrected chi connectivity index (χ4v) is 6.37. The second-order valence-corrected chi connectivity index (χ2v) is 12.9. The average molecular weight is 654 g/mol. The van der Waals surface area contributed by atoms with Crippen molar-refractivity contribution in [2.24, 2.45) is 5.92 Å². The molecule has 2 atom stereocenters. The van der Waals surface area contributed by atoms with Crippen molar-refractivity contribution in [3.05, 3.63) is 70.4 Å². The molecule has 2 aliphatic rings. The van der Waals surface area contributed by atoms with Crippen molar-refractivity contribution < 1.29 is 41.8 Å². The Bertz CT molecular complexity index is 1710. The van der Waals surface area contributed by atoms with E-state index < -0.39 is 52.2 Å². The molecule has 0 bridgehead atoms. The number of pyridine rings is 2. The summed E-state index contributed by atoms with van der Waals surface area (Å²) in [6.07, 6.45) is 3.80. The number of carbonyl (C=O) groups excluding carboxylic acids is 3. The first-order chi connectivity index (χ1) is 22.3. The highest BCUT2D eigenvalue weighted by Crippen LogP contribution is 2.42. The largest absolute Gasteiger partial charge is 0.494 e. The van der Waals surface area contributed by atoms with Crippen LogP contribution in [0.15, 0.2) is 30.5 Å². The van der Waals surface area contributed by atoms with E-state index >= 15 is 4.39 Å². The van der Waals surface area contributed by atoms with Gasteiger partial charge in [0.15, 0.2) is 17.3 Å². The van der Waals surface area contributed by atoms with Gasteiger partial charge in [0.05, 0.1) is 24.8 Å². The fourth-order valence-electron chi connectivity index (χ4n) is 6.37. The number of hydrogen-bond acceptors (Lipinski definition) is 9. The smallest absolute Gasteiger partial charge is 0.306 e. The Morgan fingerprint density at radius 2 is 1.79 bits per heavy atom. The summed E-state index contributed by atoms with van der Waals surface area (Å²) in [5, 5.41) is 0. The second kappa shape index (κ2) is 13.7. The van der Waals surface area contributed by atoms with Gasteiger partial charge in [0.2, 0.25) is 0 Å². The molecule has 1 aliphatic heterocycles. The maximum atomic E-state index is 15.0. The van der Waals surface area contributed by atoms with Crippen LogP contribution in [-0.4, -0.2) is 53.5 Å². The molecular formula is C35H38F3N3O6. The maximum Gasteiger partial charge on any atom is 0.306 e. The first-order valence-corrected chi connectivity index (χ1v) is 15.6. The third kappa shape index (κ3) is 7.58. The van der Waals surface area contributed by atoms with Gasteiger partial charge in [0.25, 0.3) is 0 Å². The number of rotatable bonds is 9. The highest BCUT2D eigenvalue weighted by molar-refractivity contribution is 5.97. The molecular weight excluding hydrogens is 615 g/mol. The summed E-state index contributed by atoms with van der Waals surface area (Å²) in [7, 11) is 1.20. The number of hydrogen-bond donors (Lipinski definition) is 0. The van der Waals surface area contributed by atoms with E-state index in [4.69, 9.17) is 14.2 Å². The molecule has 9 nitrogen and oxygen atoms in total. The number of benzene rings is 1. The van der Waals surface area contributed by atoms with E-state index in [1.807, 2.05) is 20.8 Å². The summed E-state index contributed by atoms with van der Waals surface area (Å²) in [6, 6.07) is 4.14. The molecule has 2 aromatic heterocycles. The highest BCUT2D eigenvalue weighted by atomic mass is 19.1. The van der Waals surface area contributed by atoms with Gasteiger partial charge in [-0.15, -0.1) is 0 Å². The molecule has 3 heterocycles. The molecule has 3 aromatic rings. The number of methoxy groups -OCH3 is 1. The molecule has 0 amide bonds. The van der Waals surface area contributed by atoms with E-state index in [0.717, 1.165) is 42.3 Å². The second-order valence-electron chi connectivity index (χ2n) is 12.9. The summed E-state index contributed by atoms with van der Waals surface area (Å²) < 4.78 is 60.7. The minimum absolute atomic E-state index is 0.00520. The van der Waals surface area contributed by atoms with Gasteiger partial charge >= 0.3 is 11.9 Å². The van der Waals surface area contributed by atoms with Gasteiger partial charge in [-0.2, -0.15) is 0 Å². The number of halogens is 3. The van der Waals surface area contributed by atoms with Crippen molar-refractivity contribution in [3.8, 4) is 17.0 Å². The molecule has 0 spiro atoms. The highest BCUT2D eigenvalue weighted by Gasteiger charge is 2.34. The number of nitrogens with zero attached hydrogens (tertiary/aromatic N) is 3. The SMILES string of the molecule is COc1ccc(F)c(-c2nc(C(=O)Cc3cnc4c(c3N3CCC[C@H](CC(=O)OC(C)(C)C)C3)CCC4OC(C)=O)ccc2F)c1F. The molecule has 1 aromatic carbocycles. The van der Waals surface area contributed by atoms with Crippen molar-refractivity contribution in [1.29, 1.82) is 0 Å². The molecule has 1 unspecified atom stereocenters. The zero-order valence-corrected chi connectivity index (χ0v) is 27.1. The molecule has 5 rings (SSSR count). The van der Waals surface area contributed by atoms with Gasteiger partial charge in [0, 0.05) is 49.4 Å². The van der Waals surface area contributed by atoms with Crippen LogP contribution in [0.3, 0.4) is 0 Å². The Morgan fingerprint density at radius 1 is 1.04 bits per heavy atom. The molecule has 1 saturated heterocycles. The number of Topliss-reactive ketones (excluding diaryl/α,β-unsaturated/α-hetero) is 1. The molecule has 0 radical (unpaired) electrons. The van der Waals surface area contributed by atoms with E-state index in [-0.39, 0.29) is 36.2 Å². The predicted octanol–water partition coefficient (Wildman–Crippen LogP) is 6.49. The van der Waals surface area contributed by atoms with Crippen LogP contribution in [-0.2, 0) is 31.9 Å². The number of carbonyl (C=O) groups is 3. The van der Waals surface area contributed by atoms with Gasteiger partial charge in [0.1, 0.15) is 34.7 Å². The Kier molecular flexibility index (Phi) is 9.88. The summed E-state index contributed by atoms with van der Waals surface area (Å²) in [6.45, 7) is 8.00. The monoisotopic (exact) mass is 653 g/mol. The molecule has 1 aliphatic carbocycles. The van der Waals surface area contributed by atoms with E-state index in [0.29, 0.717) is 37.2 Å². The van der Waals surface area contributed by atoms with E-state index in [1.165, 1.54) is 20.1 Å².